The van der Waals surface area contributed by atoms with E-state index in [2.05, 4.69) is 12.1 Å². The maximum atomic E-state index is 8.06. The Morgan fingerprint density at radius 3 is 1.94 bits per heavy atom. The van der Waals surface area contributed by atoms with Gasteiger partial charge in [-0.1, -0.05) is 60.7 Å². The van der Waals surface area contributed by atoms with Crippen LogP contribution >= 0.6 is 0 Å². The van der Waals surface area contributed by atoms with E-state index in [4.69, 9.17) is 11.1 Å². The van der Waals surface area contributed by atoms with Crippen LogP contribution in [0.25, 0.3) is 0 Å². The second-order valence-electron chi connectivity index (χ2n) is 4.48. The number of nitrogens with one attached hydrogen (secondary N) is 1. The highest BCUT2D eigenvalue weighted by atomic mass is 14.7. The van der Waals surface area contributed by atoms with Gasteiger partial charge in [0.05, 0.1) is 0 Å². The molecule has 18 heavy (non-hydrogen) atoms. The van der Waals surface area contributed by atoms with Crippen LogP contribution in [0.4, 0.5) is 0 Å². The molecule has 3 N–H and O–H groups in total. The number of rotatable bonds is 5. The summed E-state index contributed by atoms with van der Waals surface area (Å²) in [4.78, 5) is 0. The zero-order chi connectivity index (χ0) is 12.8. The Hall–Kier alpha value is -1.93. The Bertz CT molecular complexity index is 491. The van der Waals surface area contributed by atoms with Crippen LogP contribution in [0, 0.1) is 5.41 Å². The number of nitrogens with two attached hydrogens (primary N) is 1. The molecule has 0 aliphatic carbocycles. The first-order valence-electron chi connectivity index (χ1n) is 6.16. The summed E-state index contributed by atoms with van der Waals surface area (Å²) in [5.74, 6) is 0. The van der Waals surface area contributed by atoms with E-state index in [9.17, 15) is 0 Å². The lowest BCUT2D eigenvalue weighted by atomic mass is 9.98. The van der Waals surface area contributed by atoms with Gasteiger partial charge in [-0.3, -0.25) is 0 Å². The zero-order valence-corrected chi connectivity index (χ0v) is 10.3. The minimum absolute atomic E-state index is 0.201. The molecule has 0 bridgehead atoms. The lowest BCUT2D eigenvalue weighted by Crippen LogP contribution is -2.33. The van der Waals surface area contributed by atoms with Crippen LogP contribution in [0.15, 0.2) is 60.7 Å². The zero-order valence-electron chi connectivity index (χ0n) is 10.3. The number of hydrogen-bond acceptors (Lipinski definition) is 2. The fourth-order valence-electron chi connectivity index (χ4n) is 1.94. The van der Waals surface area contributed by atoms with Crippen molar-refractivity contribution in [1.29, 1.82) is 5.41 Å². The fraction of sp³-hybridized carbons (Fsp3) is 0.188. The second kappa shape index (κ2) is 6.12. The van der Waals surface area contributed by atoms with Crippen LogP contribution in [0.3, 0.4) is 0 Å². The minimum Gasteiger partial charge on any atom is -0.323 e. The summed E-state index contributed by atoms with van der Waals surface area (Å²) in [5, 5.41) is 8.06. The predicted molar refractivity (Wildman–Crippen MR) is 76.0 cm³/mol. The van der Waals surface area contributed by atoms with Crippen molar-refractivity contribution in [3.63, 3.8) is 0 Å². The van der Waals surface area contributed by atoms with E-state index in [1.165, 1.54) is 5.56 Å². The quantitative estimate of drug-likeness (QED) is 0.773. The molecule has 2 heteroatoms. The van der Waals surface area contributed by atoms with E-state index in [1.54, 1.807) is 0 Å². The highest BCUT2D eigenvalue weighted by molar-refractivity contribution is 5.88. The molecular formula is C16H18N2. The molecule has 0 heterocycles. The Balaban J connectivity index is 1.93. The largest absolute Gasteiger partial charge is 0.323 e. The maximum absolute atomic E-state index is 8.06. The first-order valence-corrected chi connectivity index (χ1v) is 6.16. The summed E-state index contributed by atoms with van der Waals surface area (Å²) in [7, 11) is 0. The Morgan fingerprint density at radius 1 is 0.889 bits per heavy atom. The summed E-state index contributed by atoms with van der Waals surface area (Å²) in [6.07, 6.45) is 1.36. The normalized spacial score (nSPS) is 12.1. The van der Waals surface area contributed by atoms with Crippen LogP contribution in [-0.4, -0.2) is 11.8 Å². The molecule has 0 fully saturated rings. The van der Waals surface area contributed by atoms with Gasteiger partial charge >= 0.3 is 0 Å². The molecule has 0 aliphatic rings. The molecule has 2 aromatic carbocycles. The molecule has 92 valence electrons. The first-order chi connectivity index (χ1) is 8.75. The van der Waals surface area contributed by atoms with Crippen LogP contribution in [-0.2, 0) is 12.8 Å². The SMILES string of the molecule is N=C(Cc1ccccc1)C(N)Cc1ccccc1. The van der Waals surface area contributed by atoms with E-state index in [1.807, 2.05) is 48.5 Å². The lowest BCUT2D eigenvalue weighted by Gasteiger charge is -2.13. The molecule has 2 aromatic rings. The van der Waals surface area contributed by atoms with Crippen molar-refractivity contribution in [1.82, 2.24) is 0 Å². The highest BCUT2D eigenvalue weighted by Gasteiger charge is 2.10. The Labute approximate surface area is 108 Å². The van der Waals surface area contributed by atoms with Crippen LogP contribution in [0.1, 0.15) is 11.1 Å². The molecule has 2 rings (SSSR count). The third kappa shape index (κ3) is 3.54. The molecular weight excluding hydrogens is 220 g/mol. The highest BCUT2D eigenvalue weighted by Crippen LogP contribution is 2.06. The summed E-state index contributed by atoms with van der Waals surface area (Å²) < 4.78 is 0. The molecule has 0 saturated carbocycles. The van der Waals surface area contributed by atoms with Gasteiger partial charge in [-0.2, -0.15) is 0 Å². The molecule has 0 amide bonds. The maximum Gasteiger partial charge on any atom is 0.0467 e. The Kier molecular flexibility index (Phi) is 4.26. The van der Waals surface area contributed by atoms with Gasteiger partial charge in [0.25, 0.3) is 0 Å². The molecule has 0 aliphatic heterocycles. The monoisotopic (exact) mass is 238 g/mol. The van der Waals surface area contributed by atoms with Gasteiger partial charge in [0.1, 0.15) is 0 Å². The van der Waals surface area contributed by atoms with Crippen molar-refractivity contribution in [3.8, 4) is 0 Å². The number of benzene rings is 2. The van der Waals surface area contributed by atoms with Crippen LogP contribution in [0.5, 0.6) is 0 Å². The average Bonchev–Trinajstić information content (AvgIpc) is 2.41. The van der Waals surface area contributed by atoms with Crippen molar-refractivity contribution in [2.45, 2.75) is 18.9 Å². The predicted octanol–water partition coefficient (Wildman–Crippen LogP) is 2.82. The van der Waals surface area contributed by atoms with Crippen molar-refractivity contribution in [2.24, 2.45) is 5.73 Å². The van der Waals surface area contributed by atoms with Crippen molar-refractivity contribution in [3.05, 3.63) is 71.8 Å². The van der Waals surface area contributed by atoms with Crippen molar-refractivity contribution in [2.75, 3.05) is 0 Å². The summed E-state index contributed by atoms with van der Waals surface area (Å²) in [6.45, 7) is 0. The van der Waals surface area contributed by atoms with Gasteiger partial charge in [-0.15, -0.1) is 0 Å². The van der Waals surface area contributed by atoms with Crippen LogP contribution < -0.4 is 5.73 Å². The molecule has 0 saturated heterocycles. The fourth-order valence-corrected chi connectivity index (χ4v) is 1.94. The van der Waals surface area contributed by atoms with Gasteiger partial charge in [0.15, 0.2) is 0 Å². The second-order valence-corrected chi connectivity index (χ2v) is 4.48. The van der Waals surface area contributed by atoms with E-state index in [0.717, 1.165) is 12.0 Å². The summed E-state index contributed by atoms with van der Waals surface area (Å²) >= 11 is 0. The smallest absolute Gasteiger partial charge is 0.0467 e. The van der Waals surface area contributed by atoms with E-state index >= 15 is 0 Å². The minimum atomic E-state index is -0.201. The van der Waals surface area contributed by atoms with E-state index < -0.39 is 0 Å². The van der Waals surface area contributed by atoms with Gasteiger partial charge in [-0.25, -0.2) is 0 Å². The first kappa shape index (κ1) is 12.5. The van der Waals surface area contributed by atoms with Crippen molar-refractivity contribution < 1.29 is 0 Å². The van der Waals surface area contributed by atoms with Gasteiger partial charge in [-0.05, 0) is 17.5 Å². The van der Waals surface area contributed by atoms with Gasteiger partial charge in [0.2, 0.25) is 0 Å². The van der Waals surface area contributed by atoms with E-state index in [0.29, 0.717) is 12.1 Å². The number of hydrogen-bond donors (Lipinski definition) is 2. The van der Waals surface area contributed by atoms with Crippen molar-refractivity contribution >= 4 is 5.71 Å². The third-order valence-corrected chi connectivity index (χ3v) is 2.98. The lowest BCUT2D eigenvalue weighted by molar-refractivity contribution is 0.828. The standard InChI is InChI=1S/C16H18N2/c17-15(11-13-7-3-1-4-8-13)16(18)12-14-9-5-2-6-10-14/h1-10,15,18H,11-12,17H2. The molecule has 2 nitrogen and oxygen atoms in total. The molecule has 0 spiro atoms. The Morgan fingerprint density at radius 2 is 1.39 bits per heavy atom. The summed E-state index contributed by atoms with van der Waals surface area (Å²) in [6, 6.07) is 19.9. The molecule has 1 unspecified atom stereocenters. The van der Waals surface area contributed by atoms with Crippen LogP contribution in [0.2, 0.25) is 0 Å². The molecule has 0 aromatic heterocycles. The van der Waals surface area contributed by atoms with E-state index in [-0.39, 0.29) is 6.04 Å². The van der Waals surface area contributed by atoms with Gasteiger partial charge < -0.3 is 11.1 Å². The molecule has 1 atom stereocenters. The average molecular weight is 238 g/mol. The topological polar surface area (TPSA) is 49.9 Å². The molecule has 0 radical (unpaired) electrons. The summed E-state index contributed by atoms with van der Waals surface area (Å²) in [5.41, 5.74) is 8.99. The van der Waals surface area contributed by atoms with Gasteiger partial charge in [0, 0.05) is 18.2 Å². The third-order valence-electron chi connectivity index (χ3n) is 2.98.